The number of nitrogens with one attached hydrogen (secondary N) is 1. The van der Waals surface area contributed by atoms with Crippen molar-refractivity contribution in [2.45, 2.75) is 0 Å². The van der Waals surface area contributed by atoms with Gasteiger partial charge in [-0.25, -0.2) is 9.67 Å². The molecule has 0 bridgehead atoms. The van der Waals surface area contributed by atoms with Crippen LogP contribution in [-0.2, 0) is 7.05 Å². The van der Waals surface area contributed by atoms with E-state index in [1.54, 1.807) is 42.1 Å². The van der Waals surface area contributed by atoms with Crippen molar-refractivity contribution >= 4 is 21.9 Å². The molecule has 0 aliphatic rings. The lowest BCUT2D eigenvalue weighted by atomic mass is 10.4. The van der Waals surface area contributed by atoms with Crippen molar-refractivity contribution in [1.29, 1.82) is 0 Å². The molecule has 0 radical (unpaired) electrons. The zero-order valence-electron chi connectivity index (χ0n) is 10.7. The number of imidazole rings is 1. The van der Waals surface area contributed by atoms with Gasteiger partial charge in [0.15, 0.2) is 10.4 Å². The molecule has 20 heavy (non-hydrogen) atoms. The Kier molecular flexibility index (Phi) is 3.14. The van der Waals surface area contributed by atoms with Gasteiger partial charge in [0.25, 0.3) is 0 Å². The molecular weight excluding hydrogens is 326 g/mol. The minimum atomic E-state index is 0.451. The third-order valence-corrected chi connectivity index (χ3v) is 3.11. The number of hydrogen-bond acceptors (Lipinski definition) is 7. The van der Waals surface area contributed by atoms with Gasteiger partial charge in [-0.2, -0.15) is 15.0 Å². The summed E-state index contributed by atoms with van der Waals surface area (Å²) in [5, 5.41) is 10.8. The van der Waals surface area contributed by atoms with Gasteiger partial charge in [0.1, 0.15) is 12.0 Å². The molecule has 0 aliphatic heterocycles. The summed E-state index contributed by atoms with van der Waals surface area (Å²) >= 11 is 3.34. The van der Waals surface area contributed by atoms with Crippen LogP contribution in [0.2, 0.25) is 0 Å². The fourth-order valence-electron chi connectivity index (χ4n) is 1.64. The maximum atomic E-state index is 4.42. The summed E-state index contributed by atoms with van der Waals surface area (Å²) in [6, 6.07) is 0. The SMILES string of the molecule is CNc1nc(-c2c(Br)nnn2C)nc(-n2ccnc2)n1. The Morgan fingerprint density at radius 2 is 2.10 bits per heavy atom. The normalized spacial score (nSPS) is 10.8. The molecule has 0 saturated carbocycles. The van der Waals surface area contributed by atoms with Crippen LogP contribution in [0.5, 0.6) is 0 Å². The van der Waals surface area contributed by atoms with E-state index >= 15 is 0 Å². The zero-order chi connectivity index (χ0) is 14.1. The molecule has 9 nitrogen and oxygen atoms in total. The van der Waals surface area contributed by atoms with Gasteiger partial charge in [0.05, 0.1) is 0 Å². The molecule has 10 heteroatoms. The van der Waals surface area contributed by atoms with Gasteiger partial charge in [-0.1, -0.05) is 5.21 Å². The lowest BCUT2D eigenvalue weighted by Crippen LogP contribution is -2.08. The molecule has 0 spiro atoms. The average Bonchev–Trinajstić information content (AvgIpc) is 3.09. The zero-order valence-corrected chi connectivity index (χ0v) is 12.3. The summed E-state index contributed by atoms with van der Waals surface area (Å²) in [4.78, 5) is 17.0. The maximum Gasteiger partial charge on any atom is 0.240 e. The van der Waals surface area contributed by atoms with Crippen LogP contribution in [0.3, 0.4) is 0 Å². The monoisotopic (exact) mass is 335 g/mol. The van der Waals surface area contributed by atoms with Crippen molar-refractivity contribution in [3.8, 4) is 17.5 Å². The highest BCUT2D eigenvalue weighted by molar-refractivity contribution is 9.10. The Hall–Kier alpha value is -2.36. The third-order valence-electron chi connectivity index (χ3n) is 2.58. The van der Waals surface area contributed by atoms with Crippen LogP contribution < -0.4 is 5.32 Å². The highest BCUT2D eigenvalue weighted by Crippen LogP contribution is 2.23. The second-order valence-electron chi connectivity index (χ2n) is 3.86. The number of hydrogen-bond donors (Lipinski definition) is 1. The predicted octanol–water partition coefficient (Wildman–Crippen LogP) is 0.657. The number of aromatic nitrogens is 8. The number of aryl methyl sites for hydroxylation is 1. The second-order valence-corrected chi connectivity index (χ2v) is 4.61. The third kappa shape index (κ3) is 2.13. The van der Waals surface area contributed by atoms with E-state index in [2.05, 4.69) is 51.5 Å². The first-order valence-electron chi connectivity index (χ1n) is 5.66. The number of rotatable bonds is 3. The van der Waals surface area contributed by atoms with Gasteiger partial charge < -0.3 is 5.32 Å². The second kappa shape index (κ2) is 4.96. The van der Waals surface area contributed by atoms with E-state index in [-0.39, 0.29) is 0 Å². The van der Waals surface area contributed by atoms with Crippen molar-refractivity contribution in [3.63, 3.8) is 0 Å². The number of anilines is 1. The Labute approximate surface area is 122 Å². The van der Waals surface area contributed by atoms with E-state index in [4.69, 9.17) is 0 Å². The molecular formula is C10H10BrN9. The van der Waals surface area contributed by atoms with Crippen LogP contribution in [-0.4, -0.2) is 46.5 Å². The van der Waals surface area contributed by atoms with Crippen LogP contribution in [0.1, 0.15) is 0 Å². The number of halogens is 1. The van der Waals surface area contributed by atoms with Crippen LogP contribution in [0, 0.1) is 0 Å². The highest BCUT2D eigenvalue weighted by Gasteiger charge is 2.16. The van der Waals surface area contributed by atoms with E-state index in [9.17, 15) is 0 Å². The first kappa shape index (κ1) is 12.7. The summed E-state index contributed by atoms with van der Waals surface area (Å²) in [5.41, 5.74) is 0.672. The van der Waals surface area contributed by atoms with E-state index in [0.717, 1.165) is 0 Å². The van der Waals surface area contributed by atoms with E-state index < -0.39 is 0 Å². The summed E-state index contributed by atoms with van der Waals surface area (Å²) in [6.07, 6.45) is 5.04. The molecule has 3 aromatic rings. The predicted molar refractivity (Wildman–Crippen MR) is 74.2 cm³/mol. The Bertz CT molecular complexity index is 714. The van der Waals surface area contributed by atoms with E-state index in [0.29, 0.717) is 28.0 Å². The van der Waals surface area contributed by atoms with E-state index in [1.807, 2.05) is 0 Å². The van der Waals surface area contributed by atoms with Crippen LogP contribution in [0.4, 0.5) is 5.95 Å². The molecule has 102 valence electrons. The van der Waals surface area contributed by atoms with Crippen molar-refractivity contribution in [2.75, 3.05) is 12.4 Å². The minimum absolute atomic E-state index is 0.451. The quantitative estimate of drug-likeness (QED) is 0.750. The summed E-state index contributed by atoms with van der Waals surface area (Å²) in [7, 11) is 3.51. The lowest BCUT2D eigenvalue weighted by Gasteiger charge is -2.07. The maximum absolute atomic E-state index is 4.42. The van der Waals surface area contributed by atoms with Crippen molar-refractivity contribution in [2.24, 2.45) is 7.05 Å². The highest BCUT2D eigenvalue weighted by atomic mass is 79.9. The van der Waals surface area contributed by atoms with Gasteiger partial charge in [-0.3, -0.25) is 4.57 Å². The summed E-state index contributed by atoms with van der Waals surface area (Å²) in [5.74, 6) is 1.38. The largest absolute Gasteiger partial charge is 0.357 e. The van der Waals surface area contributed by atoms with Gasteiger partial charge in [-0.15, -0.1) is 5.10 Å². The van der Waals surface area contributed by atoms with Gasteiger partial charge in [0, 0.05) is 26.5 Å². The fraction of sp³-hybridized carbons (Fsp3) is 0.200. The standard InChI is InChI=1S/C10H10BrN9/c1-12-9-14-8(6-7(11)17-18-19(6)2)15-10(16-9)20-4-3-13-5-20/h3-5H,1-2H3,(H,12,14,15,16). The Balaban J connectivity index is 2.19. The average molecular weight is 336 g/mol. The Morgan fingerprint density at radius 3 is 2.70 bits per heavy atom. The van der Waals surface area contributed by atoms with Gasteiger partial charge in [-0.05, 0) is 15.9 Å². The summed E-state index contributed by atoms with van der Waals surface area (Å²) in [6.45, 7) is 0. The molecule has 0 fully saturated rings. The van der Waals surface area contributed by atoms with Gasteiger partial charge >= 0.3 is 0 Å². The van der Waals surface area contributed by atoms with Crippen molar-refractivity contribution < 1.29 is 0 Å². The van der Waals surface area contributed by atoms with Crippen LogP contribution in [0.25, 0.3) is 17.5 Å². The molecule has 0 amide bonds. The Morgan fingerprint density at radius 1 is 1.25 bits per heavy atom. The van der Waals surface area contributed by atoms with Crippen molar-refractivity contribution in [1.82, 2.24) is 39.5 Å². The number of nitrogens with zero attached hydrogens (tertiary/aromatic N) is 8. The fourth-order valence-corrected chi connectivity index (χ4v) is 2.15. The molecule has 0 aliphatic carbocycles. The minimum Gasteiger partial charge on any atom is -0.357 e. The molecule has 3 aromatic heterocycles. The molecule has 3 heterocycles. The molecule has 0 atom stereocenters. The molecule has 0 saturated heterocycles. The van der Waals surface area contributed by atoms with Gasteiger partial charge in [0.2, 0.25) is 11.9 Å². The lowest BCUT2D eigenvalue weighted by molar-refractivity contribution is 0.715. The van der Waals surface area contributed by atoms with Crippen molar-refractivity contribution in [3.05, 3.63) is 23.3 Å². The molecule has 3 rings (SSSR count). The van der Waals surface area contributed by atoms with Crippen LogP contribution in [0.15, 0.2) is 23.3 Å². The first-order valence-corrected chi connectivity index (χ1v) is 6.46. The topological polar surface area (TPSA) is 99.2 Å². The molecule has 0 aromatic carbocycles. The summed E-state index contributed by atoms with van der Waals surface area (Å²) < 4.78 is 3.87. The molecule has 0 unspecified atom stereocenters. The molecule has 1 N–H and O–H groups in total. The first-order chi connectivity index (χ1) is 9.69. The smallest absolute Gasteiger partial charge is 0.240 e. The van der Waals surface area contributed by atoms with E-state index in [1.165, 1.54) is 0 Å². The van der Waals surface area contributed by atoms with Crippen LogP contribution >= 0.6 is 15.9 Å².